The van der Waals surface area contributed by atoms with Crippen molar-refractivity contribution in [1.29, 1.82) is 0 Å². The zero-order chi connectivity index (χ0) is 14.4. The van der Waals surface area contributed by atoms with E-state index in [-0.39, 0.29) is 0 Å². The summed E-state index contributed by atoms with van der Waals surface area (Å²) < 4.78 is 10.1. The Balaban J connectivity index is 2.03. The highest BCUT2D eigenvalue weighted by molar-refractivity contribution is 6.07. The van der Waals surface area contributed by atoms with E-state index in [4.69, 9.17) is 4.42 Å². The zero-order valence-corrected chi connectivity index (χ0v) is 12.1. The molecule has 0 amide bonds. The van der Waals surface area contributed by atoms with Crippen LogP contribution in [-0.2, 0) is 0 Å². The summed E-state index contributed by atoms with van der Waals surface area (Å²) in [6.45, 7) is 4.28. The molecule has 2 aromatic carbocycles. The molecule has 0 spiro atoms. The summed E-state index contributed by atoms with van der Waals surface area (Å²) in [6.07, 6.45) is 4.05. The van der Waals surface area contributed by atoms with Crippen LogP contribution in [0, 0.1) is 0 Å². The predicted molar refractivity (Wildman–Crippen MR) is 83.2 cm³/mol. The second kappa shape index (κ2) is 4.44. The largest absolute Gasteiger partial charge is 0.495 e. The summed E-state index contributed by atoms with van der Waals surface area (Å²) in [5.41, 5.74) is 2.84. The van der Waals surface area contributed by atoms with Crippen molar-refractivity contribution in [1.82, 2.24) is 0 Å². The number of benzene rings is 2. The summed E-state index contributed by atoms with van der Waals surface area (Å²) in [5, 5.41) is 2.29. The van der Waals surface area contributed by atoms with Crippen molar-refractivity contribution in [3.63, 3.8) is 0 Å². The molecule has 0 radical (unpaired) electrons. The van der Waals surface area contributed by atoms with Crippen LogP contribution in [0.5, 0.6) is 0 Å². The third kappa shape index (κ3) is 1.83. The molecule has 0 saturated carbocycles. The Morgan fingerprint density at radius 1 is 0.952 bits per heavy atom. The van der Waals surface area contributed by atoms with E-state index in [1.807, 2.05) is 35.2 Å². The van der Waals surface area contributed by atoms with Crippen LogP contribution in [-0.4, -0.2) is 21.2 Å². The second-order valence-electron chi connectivity index (χ2n) is 5.52. The van der Waals surface area contributed by atoms with Crippen molar-refractivity contribution in [2.75, 3.05) is 0 Å². The summed E-state index contributed by atoms with van der Waals surface area (Å²) in [7, 11) is 0. The monoisotopic (exact) mass is 276 g/mol. The van der Waals surface area contributed by atoms with Crippen molar-refractivity contribution in [2.45, 2.75) is 19.9 Å². The van der Waals surface area contributed by atoms with Crippen molar-refractivity contribution in [2.24, 2.45) is 0 Å². The number of hydrogen-bond acceptors (Lipinski definition) is 1. The molecule has 1 aromatic heterocycles. The van der Waals surface area contributed by atoms with Gasteiger partial charge in [0.2, 0.25) is 11.8 Å². The normalized spacial score (nSPS) is 14.2. The fraction of sp³-hybridized carbons (Fsp3) is 0.167. The van der Waals surface area contributed by atoms with Gasteiger partial charge in [0.1, 0.15) is 5.58 Å². The lowest BCUT2D eigenvalue weighted by molar-refractivity contribution is -0.491. The van der Waals surface area contributed by atoms with Gasteiger partial charge < -0.3 is 4.42 Å². The van der Waals surface area contributed by atoms with Crippen LogP contribution in [0.2, 0.25) is 0 Å². The van der Waals surface area contributed by atoms with Crippen LogP contribution in [0.4, 0.5) is 5.69 Å². The standard InChI is InChI=1S/C18H16N2O/c1-13(2)19-10-11-20(12-19)16-8-5-7-15-14-6-3-4-9-17(14)21-18(15)16/h3-11,13H,1-2H3/q+2. The molecule has 0 aliphatic carbocycles. The van der Waals surface area contributed by atoms with Gasteiger partial charge >= 0.3 is 6.01 Å². The molecule has 0 bridgehead atoms. The van der Waals surface area contributed by atoms with Crippen LogP contribution in [0.25, 0.3) is 21.9 Å². The summed E-state index contributed by atoms with van der Waals surface area (Å²) in [4.78, 5) is 0. The molecule has 0 N–H and O–H groups in total. The molecule has 3 aromatic rings. The highest BCUT2D eigenvalue weighted by Gasteiger charge is 2.25. The van der Waals surface area contributed by atoms with Crippen LogP contribution >= 0.6 is 0 Å². The molecule has 0 saturated heterocycles. The molecule has 0 fully saturated rings. The van der Waals surface area contributed by atoms with E-state index >= 15 is 0 Å². The minimum atomic E-state index is 0.390. The average molecular weight is 276 g/mol. The molecule has 3 heteroatoms. The minimum absolute atomic E-state index is 0.390. The Hall–Kier alpha value is -2.64. The van der Waals surface area contributed by atoms with Crippen LogP contribution in [0.3, 0.4) is 0 Å². The molecule has 102 valence electrons. The molecule has 0 atom stereocenters. The van der Waals surface area contributed by atoms with E-state index in [1.165, 1.54) is 0 Å². The van der Waals surface area contributed by atoms with Gasteiger partial charge in [0.15, 0.2) is 6.04 Å². The summed E-state index contributed by atoms with van der Waals surface area (Å²) in [6, 6.07) is 18.1. The molecule has 1 aliphatic rings. The first kappa shape index (κ1) is 12.1. The second-order valence-corrected chi connectivity index (χ2v) is 5.52. The van der Waals surface area contributed by atoms with E-state index in [1.54, 1.807) is 0 Å². The number of nitrogens with zero attached hydrogens (tertiary/aromatic N) is 2. The maximum atomic E-state index is 6.06. The van der Waals surface area contributed by atoms with Gasteiger partial charge in [-0.15, -0.1) is 0 Å². The maximum absolute atomic E-state index is 6.06. The zero-order valence-electron chi connectivity index (χ0n) is 12.1. The van der Waals surface area contributed by atoms with Gasteiger partial charge in [0.25, 0.3) is 11.9 Å². The van der Waals surface area contributed by atoms with Gasteiger partial charge in [0.05, 0.1) is 0 Å². The highest BCUT2D eigenvalue weighted by atomic mass is 16.3. The van der Waals surface area contributed by atoms with Crippen LogP contribution in [0.15, 0.2) is 59.3 Å². The molecular weight excluding hydrogens is 260 g/mol. The van der Waals surface area contributed by atoms with Gasteiger partial charge in [-0.05, 0) is 26.0 Å². The highest BCUT2D eigenvalue weighted by Crippen LogP contribution is 2.34. The first-order valence-corrected chi connectivity index (χ1v) is 7.16. The summed E-state index contributed by atoms with van der Waals surface area (Å²) >= 11 is 0. The number of furan rings is 1. The predicted octanol–water partition coefficient (Wildman–Crippen LogP) is 4.31. The molecule has 21 heavy (non-hydrogen) atoms. The van der Waals surface area contributed by atoms with Gasteiger partial charge in [0, 0.05) is 16.8 Å². The smallest absolute Gasteiger partial charge is 0.449 e. The lowest BCUT2D eigenvalue weighted by Gasteiger charge is -1.91. The number of para-hydroxylation sites is 2. The van der Waals surface area contributed by atoms with E-state index in [2.05, 4.69) is 48.7 Å². The Bertz CT molecular complexity index is 954. The van der Waals surface area contributed by atoms with E-state index in [9.17, 15) is 0 Å². The van der Waals surface area contributed by atoms with E-state index in [0.717, 1.165) is 27.6 Å². The van der Waals surface area contributed by atoms with E-state index in [0.29, 0.717) is 6.04 Å². The van der Waals surface area contributed by atoms with Crippen molar-refractivity contribution in [3.8, 4) is 0 Å². The quantitative estimate of drug-likeness (QED) is 0.638. The minimum Gasteiger partial charge on any atom is -0.449 e. The first-order chi connectivity index (χ1) is 10.2. The van der Waals surface area contributed by atoms with Crippen LogP contribution in [0.1, 0.15) is 13.8 Å². The number of fused-ring (bicyclic) bond motifs is 3. The molecule has 2 heterocycles. The lowest BCUT2D eigenvalue weighted by Crippen LogP contribution is -2.11. The summed E-state index contributed by atoms with van der Waals surface area (Å²) in [5.74, 6) is 0. The maximum Gasteiger partial charge on any atom is 0.495 e. The fourth-order valence-electron chi connectivity index (χ4n) is 2.67. The van der Waals surface area contributed by atoms with Gasteiger partial charge in [-0.25, -0.2) is 0 Å². The van der Waals surface area contributed by atoms with Gasteiger partial charge in [-0.3, -0.25) is 0 Å². The molecule has 3 nitrogen and oxygen atoms in total. The lowest BCUT2D eigenvalue weighted by atomic mass is 10.1. The topological polar surface area (TPSA) is 19.2 Å². The van der Waals surface area contributed by atoms with Crippen molar-refractivity contribution >= 4 is 33.6 Å². The Morgan fingerprint density at radius 2 is 1.76 bits per heavy atom. The SMILES string of the molecule is CC(C)[N+]1=C=[N+](c2cccc3c2oc2ccccc23)C=C1. The van der Waals surface area contributed by atoms with Crippen molar-refractivity contribution < 1.29 is 13.6 Å². The van der Waals surface area contributed by atoms with Gasteiger partial charge in [-0.1, -0.05) is 33.4 Å². The number of hydrogen-bond donors (Lipinski definition) is 0. The Labute approximate surface area is 122 Å². The molecular formula is C18H16N2O+2. The third-order valence-corrected chi connectivity index (χ3v) is 3.80. The van der Waals surface area contributed by atoms with E-state index < -0.39 is 0 Å². The third-order valence-electron chi connectivity index (χ3n) is 3.80. The van der Waals surface area contributed by atoms with Gasteiger partial charge in [-0.2, -0.15) is 0 Å². The molecule has 0 unspecified atom stereocenters. The molecule has 4 rings (SSSR count). The number of rotatable bonds is 2. The first-order valence-electron chi connectivity index (χ1n) is 7.16. The Kier molecular flexibility index (Phi) is 2.56. The van der Waals surface area contributed by atoms with Crippen molar-refractivity contribution in [3.05, 3.63) is 54.9 Å². The van der Waals surface area contributed by atoms with Crippen LogP contribution < -0.4 is 0 Å². The molecule has 1 aliphatic heterocycles. The Morgan fingerprint density at radius 3 is 2.57 bits per heavy atom. The fourth-order valence-corrected chi connectivity index (χ4v) is 2.67. The average Bonchev–Trinajstić information content (AvgIpc) is 3.11.